The number of carbonyl (C=O) groups excluding carboxylic acids is 1. The number of nitrogens with zero attached hydrogens (tertiary/aromatic N) is 4. The van der Waals surface area contributed by atoms with Crippen LogP contribution in [-0.4, -0.2) is 58.4 Å². The summed E-state index contributed by atoms with van der Waals surface area (Å²) in [6, 6.07) is 7.89. The van der Waals surface area contributed by atoms with Gasteiger partial charge in [-0.05, 0) is 83.1 Å². The second-order valence-electron chi connectivity index (χ2n) is 10.9. The molecule has 4 rings (SSSR count). The van der Waals surface area contributed by atoms with Crippen molar-refractivity contribution in [3.63, 3.8) is 0 Å². The molecular weight excluding hydrogens is 541 g/mol. The van der Waals surface area contributed by atoms with E-state index in [2.05, 4.69) is 40.0 Å². The fraction of sp³-hybridized carbons (Fsp3) is 0.567. The average Bonchev–Trinajstić information content (AvgIpc) is 3.72. The number of hydrogen-bond donors (Lipinski definition) is 0. The summed E-state index contributed by atoms with van der Waals surface area (Å²) >= 11 is 5.71. The van der Waals surface area contributed by atoms with Gasteiger partial charge in [0.15, 0.2) is 0 Å². The Morgan fingerprint density at radius 1 is 1.15 bits per heavy atom. The van der Waals surface area contributed by atoms with Gasteiger partial charge in [0.1, 0.15) is 12.1 Å². The van der Waals surface area contributed by atoms with Gasteiger partial charge in [-0.1, -0.05) is 43.2 Å². The molecule has 0 N–H and O–H groups in total. The van der Waals surface area contributed by atoms with Crippen LogP contribution >= 0.6 is 11.6 Å². The topological polar surface area (TPSA) is 58.6 Å². The molecule has 2 aliphatic rings. The van der Waals surface area contributed by atoms with E-state index in [9.17, 15) is 18.0 Å². The standard InChI is InChI=1S/C21H29F3N4O2.C9H11Cl/c1-6-16(15-7-8-15)17-14(3)25-12-26-18(17)28-10-9-27(11-13(28)2)19(29)30-20(4,5)21(22,23)24;1-2-3-8-4-6-9(10)7-5-8/h6,12-13,15H,7-11H2,1-5H3;4-7H,2-3H2,1H3/b16-6-;. The zero-order valence-corrected chi connectivity index (χ0v) is 24.9. The van der Waals surface area contributed by atoms with Crippen molar-refractivity contribution in [1.82, 2.24) is 14.9 Å². The maximum atomic E-state index is 13.1. The Bertz CT molecular complexity index is 1180. The molecule has 0 bridgehead atoms. The maximum absolute atomic E-state index is 13.1. The van der Waals surface area contributed by atoms with E-state index < -0.39 is 17.9 Å². The third-order valence-corrected chi connectivity index (χ3v) is 7.52. The molecule has 40 heavy (non-hydrogen) atoms. The molecule has 1 unspecified atom stereocenters. The Morgan fingerprint density at radius 2 is 1.80 bits per heavy atom. The summed E-state index contributed by atoms with van der Waals surface area (Å²) in [4.78, 5) is 24.7. The molecule has 1 atom stereocenters. The highest BCUT2D eigenvalue weighted by Gasteiger charge is 2.51. The highest BCUT2D eigenvalue weighted by molar-refractivity contribution is 6.30. The van der Waals surface area contributed by atoms with Crippen LogP contribution in [0.5, 0.6) is 0 Å². The van der Waals surface area contributed by atoms with Gasteiger partial charge >= 0.3 is 12.3 Å². The van der Waals surface area contributed by atoms with E-state index in [-0.39, 0.29) is 19.1 Å². The number of ether oxygens (including phenoxy) is 1. The molecule has 1 saturated heterocycles. The first-order chi connectivity index (χ1) is 18.8. The monoisotopic (exact) mass is 580 g/mol. The Hall–Kier alpha value is -2.81. The fourth-order valence-electron chi connectivity index (χ4n) is 4.71. The number of aromatic nitrogens is 2. The predicted molar refractivity (Wildman–Crippen MR) is 154 cm³/mol. The summed E-state index contributed by atoms with van der Waals surface area (Å²) in [7, 11) is 0. The number of allylic oxidation sites excluding steroid dienone is 2. The van der Waals surface area contributed by atoms with Crippen molar-refractivity contribution < 1.29 is 22.7 Å². The summed E-state index contributed by atoms with van der Waals surface area (Å²) in [5.41, 5.74) is 2.01. The van der Waals surface area contributed by atoms with Crippen LogP contribution in [0.2, 0.25) is 5.02 Å². The molecule has 2 heterocycles. The summed E-state index contributed by atoms with van der Waals surface area (Å²) in [5.74, 6) is 1.34. The molecule has 1 saturated carbocycles. The minimum absolute atomic E-state index is 0.134. The molecule has 2 aromatic rings. The predicted octanol–water partition coefficient (Wildman–Crippen LogP) is 7.88. The van der Waals surface area contributed by atoms with Crippen LogP contribution in [0.15, 0.2) is 36.7 Å². The quantitative estimate of drug-likeness (QED) is 0.348. The molecular formula is C30H40ClF3N4O2. The van der Waals surface area contributed by atoms with E-state index in [1.807, 2.05) is 32.9 Å². The molecule has 0 spiro atoms. The van der Waals surface area contributed by atoms with E-state index in [4.69, 9.17) is 16.3 Å². The van der Waals surface area contributed by atoms with Gasteiger partial charge in [-0.3, -0.25) is 0 Å². The van der Waals surface area contributed by atoms with Gasteiger partial charge in [-0.2, -0.15) is 13.2 Å². The number of benzene rings is 1. The molecule has 1 aromatic heterocycles. The Balaban J connectivity index is 0.000000371. The van der Waals surface area contributed by atoms with E-state index in [1.54, 1.807) is 0 Å². The van der Waals surface area contributed by atoms with Crippen molar-refractivity contribution in [2.24, 2.45) is 5.92 Å². The zero-order valence-electron chi connectivity index (χ0n) is 24.2. The lowest BCUT2D eigenvalue weighted by atomic mass is 9.99. The number of alkyl halides is 3. The first-order valence-corrected chi connectivity index (χ1v) is 14.2. The summed E-state index contributed by atoms with van der Waals surface area (Å²) < 4.78 is 44.0. The molecule has 1 aliphatic carbocycles. The maximum Gasteiger partial charge on any atom is 0.427 e. The van der Waals surface area contributed by atoms with Crippen LogP contribution in [0.3, 0.4) is 0 Å². The first kappa shape index (κ1) is 31.7. The van der Waals surface area contributed by atoms with Gasteiger partial charge < -0.3 is 14.5 Å². The average molecular weight is 581 g/mol. The Morgan fingerprint density at radius 3 is 2.33 bits per heavy atom. The first-order valence-electron chi connectivity index (χ1n) is 13.8. The number of halogens is 4. The number of anilines is 1. The lowest BCUT2D eigenvalue weighted by Gasteiger charge is -2.42. The number of hydrogen-bond acceptors (Lipinski definition) is 5. The third-order valence-electron chi connectivity index (χ3n) is 7.27. The van der Waals surface area contributed by atoms with Gasteiger partial charge in [0.25, 0.3) is 0 Å². The number of carbonyl (C=O) groups is 1. The molecule has 220 valence electrons. The van der Waals surface area contributed by atoms with Gasteiger partial charge in [0.2, 0.25) is 5.60 Å². The number of piperazine rings is 1. The SMILES string of the molecule is C/C=C(\c1c(C)ncnc1N1CCN(C(=O)OC(C)(C)C(F)(F)F)CC1C)C1CC1.CCCc1ccc(Cl)cc1. The smallest absolute Gasteiger partial charge is 0.427 e. The summed E-state index contributed by atoms with van der Waals surface area (Å²) in [6.45, 7) is 10.8. The Labute approximate surface area is 240 Å². The second kappa shape index (κ2) is 13.2. The molecule has 10 heteroatoms. The molecule has 0 radical (unpaired) electrons. The summed E-state index contributed by atoms with van der Waals surface area (Å²) in [5, 5.41) is 0.819. The molecule has 1 amide bonds. The minimum atomic E-state index is -4.63. The largest absolute Gasteiger partial charge is 0.434 e. The van der Waals surface area contributed by atoms with Gasteiger partial charge in [-0.15, -0.1) is 0 Å². The van der Waals surface area contributed by atoms with Crippen LogP contribution in [0.4, 0.5) is 23.8 Å². The van der Waals surface area contributed by atoms with Crippen molar-refractivity contribution in [2.45, 2.75) is 85.0 Å². The fourth-order valence-corrected chi connectivity index (χ4v) is 4.84. The normalized spacial score (nSPS) is 18.2. The highest BCUT2D eigenvalue weighted by atomic mass is 35.5. The summed E-state index contributed by atoms with van der Waals surface area (Å²) in [6.07, 6.45) is 2.72. The molecule has 6 nitrogen and oxygen atoms in total. The van der Waals surface area contributed by atoms with Crippen molar-refractivity contribution in [1.29, 1.82) is 0 Å². The number of rotatable bonds is 6. The van der Waals surface area contributed by atoms with Gasteiger partial charge in [0.05, 0.1) is 5.69 Å². The number of aryl methyl sites for hydroxylation is 2. The van der Waals surface area contributed by atoms with Crippen LogP contribution in [0.1, 0.15) is 70.7 Å². The van der Waals surface area contributed by atoms with Gasteiger partial charge in [0, 0.05) is 36.3 Å². The van der Waals surface area contributed by atoms with Crippen molar-refractivity contribution in [3.8, 4) is 0 Å². The van der Waals surface area contributed by atoms with Crippen molar-refractivity contribution in [2.75, 3.05) is 24.5 Å². The van der Waals surface area contributed by atoms with E-state index in [1.165, 1.54) is 28.8 Å². The van der Waals surface area contributed by atoms with Crippen LogP contribution < -0.4 is 4.90 Å². The highest BCUT2D eigenvalue weighted by Crippen LogP contribution is 2.45. The molecule has 1 aromatic carbocycles. The third kappa shape index (κ3) is 7.89. The lowest BCUT2D eigenvalue weighted by molar-refractivity contribution is -0.246. The zero-order chi connectivity index (χ0) is 29.7. The van der Waals surface area contributed by atoms with Crippen LogP contribution in [0.25, 0.3) is 5.57 Å². The van der Waals surface area contributed by atoms with Crippen molar-refractivity contribution >= 4 is 29.1 Å². The van der Waals surface area contributed by atoms with E-state index >= 15 is 0 Å². The Kier molecular flexibility index (Phi) is 10.5. The van der Waals surface area contributed by atoms with E-state index in [0.29, 0.717) is 12.5 Å². The van der Waals surface area contributed by atoms with Crippen LogP contribution in [0, 0.1) is 12.8 Å². The van der Waals surface area contributed by atoms with E-state index in [0.717, 1.165) is 55.2 Å². The molecule has 2 fully saturated rings. The lowest BCUT2D eigenvalue weighted by Crippen LogP contribution is -2.56. The van der Waals surface area contributed by atoms with Gasteiger partial charge in [-0.25, -0.2) is 14.8 Å². The second-order valence-corrected chi connectivity index (χ2v) is 11.4. The van der Waals surface area contributed by atoms with Crippen molar-refractivity contribution in [3.05, 3.63) is 58.5 Å². The molecule has 1 aliphatic heterocycles. The minimum Gasteiger partial charge on any atom is -0.434 e. The van der Waals surface area contributed by atoms with Crippen LogP contribution in [-0.2, 0) is 11.2 Å². The number of amides is 1.